The molecule has 1 atom stereocenters. The first-order valence-electron chi connectivity index (χ1n) is 13.5. The van der Waals surface area contributed by atoms with Crippen molar-refractivity contribution in [3.63, 3.8) is 0 Å². The highest BCUT2D eigenvalue weighted by atomic mass is 16.2. The first kappa shape index (κ1) is 23.1. The predicted octanol–water partition coefficient (Wildman–Crippen LogP) is 6.18. The number of benzene rings is 2. The summed E-state index contributed by atoms with van der Waals surface area (Å²) in [6.07, 6.45) is 10.7. The number of amides is 2. The van der Waals surface area contributed by atoms with E-state index in [9.17, 15) is 9.59 Å². The van der Waals surface area contributed by atoms with Crippen LogP contribution >= 0.6 is 0 Å². The van der Waals surface area contributed by atoms with E-state index >= 15 is 0 Å². The molecule has 2 saturated carbocycles. The van der Waals surface area contributed by atoms with Gasteiger partial charge in [0.15, 0.2) is 0 Å². The smallest absolute Gasteiger partial charge is 0.247 e. The van der Waals surface area contributed by atoms with Crippen molar-refractivity contribution < 1.29 is 9.59 Å². The molecule has 1 unspecified atom stereocenters. The van der Waals surface area contributed by atoms with Crippen molar-refractivity contribution >= 4 is 17.5 Å². The first-order valence-corrected chi connectivity index (χ1v) is 13.5. The van der Waals surface area contributed by atoms with Crippen molar-refractivity contribution in [2.75, 3.05) is 11.4 Å². The monoisotopic (exact) mass is 481 g/mol. The van der Waals surface area contributed by atoms with Crippen LogP contribution in [-0.2, 0) is 9.59 Å². The molecule has 2 aromatic carbocycles. The number of hydrogen-bond acceptors (Lipinski definition) is 2. The number of carbonyl (C=O) groups is 2. The molecule has 2 heterocycles. The van der Waals surface area contributed by atoms with Gasteiger partial charge in [-0.15, -0.1) is 0 Å². The summed E-state index contributed by atoms with van der Waals surface area (Å²) in [5.74, 6) is 0.818. The number of anilines is 1. The lowest BCUT2D eigenvalue weighted by atomic mass is 9.97. The van der Waals surface area contributed by atoms with E-state index in [0.29, 0.717) is 12.3 Å². The average molecular weight is 482 g/mol. The quantitative estimate of drug-likeness (QED) is 0.404. The SMILES string of the molecule is Cc1ccc(C2c3cccn3-c3ccccc3N2C(=O)CN(C(=O)CCC2CCCC2)C2CC2)cc1. The molecule has 0 N–H and O–H groups in total. The van der Waals surface area contributed by atoms with E-state index in [1.807, 2.05) is 34.1 Å². The Morgan fingerprint density at radius 1 is 0.889 bits per heavy atom. The van der Waals surface area contributed by atoms with Crippen LogP contribution in [0.1, 0.15) is 74.2 Å². The third-order valence-corrected chi connectivity index (χ3v) is 8.24. The number of aryl methyl sites for hydroxylation is 1. The maximum Gasteiger partial charge on any atom is 0.247 e. The molecule has 186 valence electrons. The van der Waals surface area contributed by atoms with E-state index in [1.54, 1.807) is 0 Å². The maximum absolute atomic E-state index is 14.2. The second-order valence-corrected chi connectivity index (χ2v) is 10.8. The van der Waals surface area contributed by atoms with Gasteiger partial charge in [-0.1, -0.05) is 67.6 Å². The van der Waals surface area contributed by atoms with Crippen LogP contribution in [0.5, 0.6) is 0 Å². The number of rotatable bonds is 7. The van der Waals surface area contributed by atoms with E-state index in [1.165, 1.54) is 31.2 Å². The Morgan fingerprint density at radius 3 is 2.33 bits per heavy atom. The first-order chi connectivity index (χ1) is 17.6. The van der Waals surface area contributed by atoms with Crippen molar-refractivity contribution in [2.24, 2.45) is 5.92 Å². The lowest BCUT2D eigenvalue weighted by Gasteiger charge is -2.39. The predicted molar refractivity (Wildman–Crippen MR) is 142 cm³/mol. The van der Waals surface area contributed by atoms with Gasteiger partial charge >= 0.3 is 0 Å². The van der Waals surface area contributed by atoms with E-state index in [0.717, 1.165) is 41.9 Å². The Kier molecular flexibility index (Phi) is 6.16. The third kappa shape index (κ3) is 4.36. The van der Waals surface area contributed by atoms with E-state index in [4.69, 9.17) is 0 Å². The van der Waals surface area contributed by atoms with E-state index in [2.05, 4.69) is 54.1 Å². The molecule has 6 rings (SSSR count). The fourth-order valence-electron chi connectivity index (χ4n) is 6.13. The van der Waals surface area contributed by atoms with Crippen LogP contribution in [-0.4, -0.2) is 33.9 Å². The highest BCUT2D eigenvalue weighted by Gasteiger charge is 2.39. The zero-order chi connectivity index (χ0) is 24.6. The van der Waals surface area contributed by atoms with E-state index in [-0.39, 0.29) is 30.4 Å². The molecule has 0 bridgehead atoms. The van der Waals surface area contributed by atoms with Crippen molar-refractivity contribution in [3.05, 3.63) is 83.7 Å². The van der Waals surface area contributed by atoms with Gasteiger partial charge in [0.1, 0.15) is 12.6 Å². The molecule has 0 radical (unpaired) electrons. The lowest BCUT2D eigenvalue weighted by Crippen LogP contribution is -2.47. The molecule has 2 aliphatic carbocycles. The number of aromatic nitrogens is 1. The summed E-state index contributed by atoms with van der Waals surface area (Å²) in [7, 11) is 0. The molecule has 3 aromatic rings. The van der Waals surface area contributed by atoms with Crippen molar-refractivity contribution in [3.8, 4) is 5.69 Å². The van der Waals surface area contributed by atoms with Gasteiger partial charge in [0.05, 0.1) is 17.1 Å². The van der Waals surface area contributed by atoms with Gasteiger partial charge in [0.2, 0.25) is 11.8 Å². The Bertz CT molecular complexity index is 1250. The molecule has 1 aromatic heterocycles. The topological polar surface area (TPSA) is 45.6 Å². The van der Waals surface area contributed by atoms with Gasteiger partial charge < -0.3 is 9.47 Å². The zero-order valence-electron chi connectivity index (χ0n) is 21.1. The number of hydrogen-bond donors (Lipinski definition) is 0. The van der Waals surface area contributed by atoms with Crippen molar-refractivity contribution in [1.29, 1.82) is 0 Å². The Hall–Kier alpha value is -3.34. The molecule has 1 aliphatic heterocycles. The summed E-state index contributed by atoms with van der Waals surface area (Å²) in [6, 6.07) is 20.7. The average Bonchev–Trinajstić information content (AvgIpc) is 3.37. The molecule has 0 spiro atoms. The van der Waals surface area contributed by atoms with Gasteiger partial charge in [-0.05, 0) is 61.9 Å². The Balaban J connectivity index is 1.32. The summed E-state index contributed by atoms with van der Waals surface area (Å²) >= 11 is 0. The summed E-state index contributed by atoms with van der Waals surface area (Å²) < 4.78 is 2.19. The van der Waals surface area contributed by atoms with Crippen LogP contribution in [0.2, 0.25) is 0 Å². The van der Waals surface area contributed by atoms with Gasteiger partial charge in [-0.25, -0.2) is 0 Å². The van der Waals surface area contributed by atoms with E-state index < -0.39 is 0 Å². The van der Waals surface area contributed by atoms with Gasteiger partial charge in [-0.2, -0.15) is 0 Å². The van der Waals surface area contributed by atoms with Crippen LogP contribution in [0.15, 0.2) is 66.9 Å². The summed E-state index contributed by atoms with van der Waals surface area (Å²) in [5.41, 5.74) is 5.23. The van der Waals surface area contributed by atoms with Crippen LogP contribution in [0.4, 0.5) is 5.69 Å². The molecule has 2 fully saturated rings. The minimum Gasteiger partial charge on any atom is -0.330 e. The molecule has 36 heavy (non-hydrogen) atoms. The van der Waals surface area contributed by atoms with Crippen LogP contribution < -0.4 is 4.90 Å². The third-order valence-electron chi connectivity index (χ3n) is 8.24. The highest BCUT2D eigenvalue weighted by Crippen LogP contribution is 2.42. The second kappa shape index (κ2) is 9.61. The molecule has 3 aliphatic rings. The van der Waals surface area contributed by atoms with Crippen molar-refractivity contribution in [2.45, 2.75) is 70.4 Å². The van der Waals surface area contributed by atoms with Crippen LogP contribution in [0.3, 0.4) is 0 Å². The number of nitrogens with zero attached hydrogens (tertiary/aromatic N) is 3. The zero-order valence-corrected chi connectivity index (χ0v) is 21.1. The minimum absolute atomic E-state index is 0.0124. The number of carbonyl (C=O) groups excluding carboxylic acids is 2. The molecule has 5 heteroatoms. The Morgan fingerprint density at radius 2 is 1.61 bits per heavy atom. The molecular formula is C31H35N3O2. The largest absolute Gasteiger partial charge is 0.330 e. The lowest BCUT2D eigenvalue weighted by molar-refractivity contribution is -0.136. The fourth-order valence-corrected chi connectivity index (χ4v) is 6.13. The van der Waals surface area contributed by atoms with Crippen LogP contribution in [0.25, 0.3) is 5.69 Å². The normalized spacial score (nSPS) is 19.1. The second-order valence-electron chi connectivity index (χ2n) is 10.8. The minimum atomic E-state index is -0.238. The maximum atomic E-state index is 14.2. The van der Waals surface area contributed by atoms with Crippen molar-refractivity contribution in [1.82, 2.24) is 9.47 Å². The molecule has 5 nitrogen and oxygen atoms in total. The number of fused-ring (bicyclic) bond motifs is 3. The Labute approximate surface area is 213 Å². The van der Waals surface area contributed by atoms with Gasteiger partial charge in [0.25, 0.3) is 0 Å². The van der Waals surface area contributed by atoms with Crippen LogP contribution in [0, 0.1) is 12.8 Å². The van der Waals surface area contributed by atoms with Gasteiger partial charge in [0, 0.05) is 18.7 Å². The standard InChI is InChI=1S/C31H35N3O2/c1-22-12-15-24(16-13-22)31-28-11-6-20-32(28)26-9-4-5-10-27(26)34(31)30(36)21-33(25-17-18-25)29(35)19-14-23-7-2-3-8-23/h4-6,9-13,15-16,20,23,25,31H,2-3,7-8,14,17-19,21H2,1H3. The summed E-state index contributed by atoms with van der Waals surface area (Å²) in [6.45, 7) is 2.22. The molecule has 2 amide bonds. The highest BCUT2D eigenvalue weighted by molar-refractivity contribution is 6.00. The molecular weight excluding hydrogens is 446 g/mol. The molecule has 0 saturated heterocycles. The number of para-hydroxylation sites is 2. The van der Waals surface area contributed by atoms with Gasteiger partial charge in [-0.3, -0.25) is 14.5 Å². The fraction of sp³-hybridized carbons (Fsp3) is 0.419. The summed E-state index contributed by atoms with van der Waals surface area (Å²) in [5, 5.41) is 0. The summed E-state index contributed by atoms with van der Waals surface area (Å²) in [4.78, 5) is 31.3.